The van der Waals surface area contributed by atoms with Crippen LogP contribution in [0.5, 0.6) is 5.75 Å². The maximum absolute atomic E-state index is 14.4. The summed E-state index contributed by atoms with van der Waals surface area (Å²) in [6.07, 6.45) is -3.25. The van der Waals surface area contributed by atoms with Gasteiger partial charge in [0.05, 0.1) is 12.6 Å². The highest BCUT2D eigenvalue weighted by atomic mass is 35.5. The number of hydrogen-bond donors (Lipinski definition) is 2. The molecule has 210 valence electrons. The van der Waals surface area contributed by atoms with Gasteiger partial charge < -0.3 is 25.0 Å². The molecule has 7 nitrogen and oxygen atoms in total. The smallest absolute Gasteiger partial charge is 0.490 e. The molecule has 0 radical (unpaired) electrons. The Labute approximate surface area is 224 Å². The predicted octanol–water partition coefficient (Wildman–Crippen LogP) is 5.71. The fourth-order valence-electron chi connectivity index (χ4n) is 3.74. The van der Waals surface area contributed by atoms with Gasteiger partial charge in [-0.05, 0) is 76.7 Å². The molecule has 0 atom stereocenters. The summed E-state index contributed by atoms with van der Waals surface area (Å²) in [4.78, 5) is 26.0. The van der Waals surface area contributed by atoms with E-state index in [0.29, 0.717) is 17.1 Å². The number of amides is 2. The number of halogens is 5. The minimum atomic E-state index is -5.08. The Hall–Kier alpha value is -3.05. The normalized spacial score (nSPS) is 14.4. The molecule has 1 heterocycles. The van der Waals surface area contributed by atoms with E-state index >= 15 is 0 Å². The standard InChI is InChI=1S/C24H31ClFN3O2.C2HF3O2/c1-17(2)31-22-8-4-18(5-9-22)15-27-24(30)29(21-10-12-28(3)13-11-21)16-19-6-7-20(25)14-23(19)26;3-2(4,5)1(6)7/h4-9,14,17,21H,10-13,15-16H2,1-3H3,(H,27,30);(H,6,7). The van der Waals surface area contributed by atoms with Crippen LogP contribution in [0.4, 0.5) is 22.4 Å². The van der Waals surface area contributed by atoms with Gasteiger partial charge in [0, 0.05) is 23.2 Å². The maximum Gasteiger partial charge on any atom is 0.490 e. The van der Waals surface area contributed by atoms with Gasteiger partial charge in [0.15, 0.2) is 0 Å². The van der Waals surface area contributed by atoms with Crippen LogP contribution in [0.25, 0.3) is 0 Å². The number of carboxylic acid groups (broad SMARTS) is 1. The number of hydrogen-bond acceptors (Lipinski definition) is 4. The highest BCUT2D eigenvalue weighted by Crippen LogP contribution is 2.22. The van der Waals surface area contributed by atoms with Gasteiger partial charge in [0.2, 0.25) is 0 Å². The van der Waals surface area contributed by atoms with Crippen LogP contribution in [0.3, 0.4) is 0 Å². The molecule has 0 aromatic heterocycles. The third-order valence-corrected chi connectivity index (χ3v) is 5.96. The van der Waals surface area contributed by atoms with Crippen LogP contribution in [0.2, 0.25) is 5.02 Å². The minimum absolute atomic E-state index is 0.0631. The molecule has 12 heteroatoms. The van der Waals surface area contributed by atoms with Crippen molar-refractivity contribution in [2.45, 2.75) is 58.1 Å². The van der Waals surface area contributed by atoms with Crippen LogP contribution in [0.1, 0.15) is 37.8 Å². The molecule has 0 saturated carbocycles. The quantitative estimate of drug-likeness (QED) is 0.424. The number of carbonyl (C=O) groups is 2. The van der Waals surface area contributed by atoms with E-state index in [1.807, 2.05) is 38.1 Å². The van der Waals surface area contributed by atoms with Crippen molar-refractivity contribution in [3.8, 4) is 5.75 Å². The molecular weight excluding hydrogens is 530 g/mol. The molecular formula is C26H32ClF4N3O4. The number of carbonyl (C=O) groups excluding carboxylic acids is 1. The van der Waals surface area contributed by atoms with Gasteiger partial charge in [0.25, 0.3) is 0 Å². The number of urea groups is 1. The molecule has 1 saturated heterocycles. The minimum Gasteiger partial charge on any atom is -0.491 e. The Balaban J connectivity index is 0.000000638. The first-order valence-electron chi connectivity index (χ1n) is 12.0. The zero-order valence-corrected chi connectivity index (χ0v) is 22.2. The van der Waals surface area contributed by atoms with Crippen LogP contribution < -0.4 is 10.1 Å². The number of carboxylic acids is 1. The summed E-state index contributed by atoms with van der Waals surface area (Å²) in [5.41, 5.74) is 1.44. The summed E-state index contributed by atoms with van der Waals surface area (Å²) in [5.74, 6) is -2.34. The van der Waals surface area contributed by atoms with Crippen molar-refractivity contribution in [3.05, 3.63) is 64.4 Å². The van der Waals surface area contributed by atoms with Gasteiger partial charge in [-0.3, -0.25) is 0 Å². The molecule has 0 spiro atoms. The van der Waals surface area contributed by atoms with Crippen LogP contribution in [-0.2, 0) is 17.9 Å². The molecule has 1 fully saturated rings. The van der Waals surface area contributed by atoms with Gasteiger partial charge in [-0.25, -0.2) is 14.0 Å². The zero-order valence-electron chi connectivity index (χ0n) is 21.4. The van der Waals surface area contributed by atoms with Crippen molar-refractivity contribution in [1.82, 2.24) is 15.1 Å². The van der Waals surface area contributed by atoms with E-state index < -0.39 is 12.1 Å². The average Bonchev–Trinajstić information content (AvgIpc) is 2.83. The monoisotopic (exact) mass is 561 g/mol. The Morgan fingerprint density at radius 2 is 1.74 bits per heavy atom. The van der Waals surface area contributed by atoms with Gasteiger partial charge in [-0.15, -0.1) is 0 Å². The Morgan fingerprint density at radius 3 is 2.24 bits per heavy atom. The fourth-order valence-corrected chi connectivity index (χ4v) is 3.90. The molecule has 0 aliphatic carbocycles. The van der Waals surface area contributed by atoms with Gasteiger partial charge >= 0.3 is 18.2 Å². The summed E-state index contributed by atoms with van der Waals surface area (Å²) in [5, 5.41) is 10.5. The van der Waals surface area contributed by atoms with Crippen molar-refractivity contribution in [1.29, 1.82) is 0 Å². The summed E-state index contributed by atoms with van der Waals surface area (Å²) < 4.78 is 51.8. The number of ether oxygens (including phenoxy) is 1. The largest absolute Gasteiger partial charge is 0.491 e. The summed E-state index contributed by atoms with van der Waals surface area (Å²) in [7, 11) is 2.08. The fraction of sp³-hybridized carbons (Fsp3) is 0.462. The lowest BCUT2D eigenvalue weighted by molar-refractivity contribution is -0.192. The van der Waals surface area contributed by atoms with E-state index in [1.54, 1.807) is 17.0 Å². The average molecular weight is 562 g/mol. The molecule has 2 aromatic carbocycles. The lowest BCUT2D eigenvalue weighted by Crippen LogP contribution is -2.49. The van der Waals surface area contributed by atoms with Crippen molar-refractivity contribution in [2.24, 2.45) is 0 Å². The number of piperidine rings is 1. The summed E-state index contributed by atoms with van der Waals surface area (Å²) in [6, 6.07) is 12.2. The van der Waals surface area contributed by atoms with E-state index in [-0.39, 0.29) is 30.5 Å². The lowest BCUT2D eigenvalue weighted by atomic mass is 10.0. The molecule has 0 unspecified atom stereocenters. The second-order valence-corrected chi connectivity index (χ2v) is 9.61. The first-order chi connectivity index (χ1) is 17.8. The van der Waals surface area contributed by atoms with E-state index in [9.17, 15) is 22.4 Å². The number of nitrogens with one attached hydrogen (secondary N) is 1. The van der Waals surface area contributed by atoms with Crippen molar-refractivity contribution >= 4 is 23.6 Å². The van der Waals surface area contributed by atoms with Crippen molar-refractivity contribution in [3.63, 3.8) is 0 Å². The first kappa shape index (κ1) is 31.2. The topological polar surface area (TPSA) is 82.1 Å². The molecule has 38 heavy (non-hydrogen) atoms. The van der Waals surface area contributed by atoms with Crippen molar-refractivity contribution < 1.29 is 37.0 Å². The second-order valence-electron chi connectivity index (χ2n) is 9.17. The maximum atomic E-state index is 14.4. The number of aliphatic carboxylic acids is 1. The number of rotatable bonds is 7. The van der Waals surface area contributed by atoms with Gasteiger partial charge in [-0.1, -0.05) is 29.8 Å². The molecule has 0 bridgehead atoms. The predicted molar refractivity (Wildman–Crippen MR) is 136 cm³/mol. The number of alkyl halides is 3. The second kappa shape index (κ2) is 14.2. The number of likely N-dealkylation sites (tertiary alicyclic amines) is 1. The number of nitrogens with zero attached hydrogens (tertiary/aromatic N) is 2. The van der Waals surface area contributed by atoms with E-state index in [2.05, 4.69) is 17.3 Å². The first-order valence-corrected chi connectivity index (χ1v) is 12.4. The molecule has 3 rings (SSSR count). The third-order valence-electron chi connectivity index (χ3n) is 5.73. The highest BCUT2D eigenvalue weighted by Gasteiger charge is 2.38. The van der Waals surface area contributed by atoms with Crippen LogP contribution in [0, 0.1) is 5.82 Å². The Morgan fingerprint density at radius 1 is 1.16 bits per heavy atom. The third kappa shape index (κ3) is 10.4. The SMILES string of the molecule is CC(C)Oc1ccc(CNC(=O)N(Cc2ccc(Cl)cc2F)C2CCN(C)CC2)cc1.O=C(O)C(F)(F)F. The molecule has 1 aliphatic heterocycles. The summed E-state index contributed by atoms with van der Waals surface area (Å²) in [6.45, 7) is 6.39. The lowest BCUT2D eigenvalue weighted by Gasteiger charge is -2.37. The molecule has 1 aliphatic rings. The van der Waals surface area contributed by atoms with Gasteiger partial charge in [0.1, 0.15) is 11.6 Å². The van der Waals surface area contributed by atoms with Gasteiger partial charge in [-0.2, -0.15) is 13.2 Å². The molecule has 2 aromatic rings. The highest BCUT2D eigenvalue weighted by molar-refractivity contribution is 6.30. The summed E-state index contributed by atoms with van der Waals surface area (Å²) >= 11 is 5.89. The van der Waals surface area contributed by atoms with Crippen LogP contribution in [0.15, 0.2) is 42.5 Å². The van der Waals surface area contributed by atoms with Crippen molar-refractivity contribution in [2.75, 3.05) is 20.1 Å². The number of benzene rings is 2. The Bertz CT molecular complexity index is 1060. The Kier molecular flexibility index (Phi) is 11.6. The van der Waals surface area contributed by atoms with E-state index in [4.69, 9.17) is 26.2 Å². The van der Waals surface area contributed by atoms with Crippen LogP contribution in [-0.4, -0.2) is 65.4 Å². The zero-order chi connectivity index (χ0) is 28.5. The van der Waals surface area contributed by atoms with E-state index in [1.165, 1.54) is 6.07 Å². The van der Waals surface area contributed by atoms with E-state index in [0.717, 1.165) is 37.2 Å². The molecule has 2 amide bonds. The van der Waals surface area contributed by atoms with Crippen LogP contribution >= 0.6 is 11.6 Å². The molecule has 2 N–H and O–H groups in total.